The maximum Gasteiger partial charge on any atom is 0.339 e. The van der Waals surface area contributed by atoms with Gasteiger partial charge < -0.3 is 15.2 Å². The van der Waals surface area contributed by atoms with E-state index < -0.39 is 5.97 Å². The fourth-order valence-corrected chi connectivity index (χ4v) is 2.25. The molecule has 2 N–H and O–H groups in total. The molecular weight excluding hydrogens is 244 g/mol. The Morgan fingerprint density at radius 1 is 1.53 bits per heavy atom. The van der Waals surface area contributed by atoms with Crippen molar-refractivity contribution in [2.45, 2.75) is 38.7 Å². The molecule has 1 aliphatic rings. The van der Waals surface area contributed by atoms with E-state index in [1.54, 1.807) is 12.1 Å². The molecule has 1 unspecified atom stereocenters. The number of hydrogen-bond acceptors (Lipinski definition) is 4. The number of carboxylic acid groups (broad SMARTS) is 1. The first-order valence-corrected chi connectivity index (χ1v) is 6.73. The van der Waals surface area contributed by atoms with Crippen molar-refractivity contribution in [1.29, 1.82) is 0 Å². The Bertz CT molecular complexity index is 442. The minimum absolute atomic E-state index is 0.218. The van der Waals surface area contributed by atoms with Gasteiger partial charge in [0, 0.05) is 18.8 Å². The Morgan fingerprint density at radius 2 is 2.37 bits per heavy atom. The number of carbonyl (C=O) groups is 1. The number of nitrogens with zero attached hydrogens (tertiary/aromatic N) is 1. The SMILES string of the molecule is Cc1ccc(C(=O)O)c(NCCC2CCCCO2)n1. The number of ether oxygens (including phenoxy) is 1. The van der Waals surface area contributed by atoms with Gasteiger partial charge in [-0.25, -0.2) is 9.78 Å². The van der Waals surface area contributed by atoms with Crippen LogP contribution >= 0.6 is 0 Å². The minimum atomic E-state index is -0.955. The smallest absolute Gasteiger partial charge is 0.339 e. The van der Waals surface area contributed by atoms with Crippen LogP contribution in [0.4, 0.5) is 5.82 Å². The van der Waals surface area contributed by atoms with Gasteiger partial charge in [-0.3, -0.25) is 0 Å². The van der Waals surface area contributed by atoms with E-state index in [2.05, 4.69) is 10.3 Å². The van der Waals surface area contributed by atoms with E-state index in [9.17, 15) is 4.79 Å². The number of aryl methyl sites for hydroxylation is 1. The van der Waals surface area contributed by atoms with Crippen molar-refractivity contribution in [1.82, 2.24) is 4.98 Å². The first kappa shape index (κ1) is 13.8. The van der Waals surface area contributed by atoms with E-state index >= 15 is 0 Å². The Kier molecular flexibility index (Phi) is 4.74. The molecule has 1 fully saturated rings. The van der Waals surface area contributed by atoms with Crippen molar-refractivity contribution < 1.29 is 14.6 Å². The van der Waals surface area contributed by atoms with E-state index in [-0.39, 0.29) is 5.56 Å². The number of hydrogen-bond donors (Lipinski definition) is 2. The number of carboxylic acids is 1. The van der Waals surface area contributed by atoms with Crippen LogP contribution in [0.1, 0.15) is 41.7 Å². The summed E-state index contributed by atoms with van der Waals surface area (Å²) in [4.78, 5) is 15.3. The van der Waals surface area contributed by atoms with Gasteiger partial charge in [-0.1, -0.05) is 0 Å². The molecule has 0 spiro atoms. The van der Waals surface area contributed by atoms with Crippen molar-refractivity contribution >= 4 is 11.8 Å². The zero-order valence-corrected chi connectivity index (χ0v) is 11.2. The summed E-state index contributed by atoms with van der Waals surface area (Å²) in [5.41, 5.74) is 1.02. The van der Waals surface area contributed by atoms with Gasteiger partial charge in [-0.2, -0.15) is 0 Å². The molecular formula is C14H20N2O3. The lowest BCUT2D eigenvalue weighted by atomic mass is 10.1. The van der Waals surface area contributed by atoms with Crippen LogP contribution in [-0.4, -0.2) is 35.3 Å². The molecule has 5 heteroatoms. The highest BCUT2D eigenvalue weighted by atomic mass is 16.5. The summed E-state index contributed by atoms with van der Waals surface area (Å²) in [5.74, 6) is -0.507. The summed E-state index contributed by atoms with van der Waals surface area (Å²) in [5, 5.41) is 12.2. The van der Waals surface area contributed by atoms with Crippen LogP contribution < -0.4 is 5.32 Å². The number of nitrogens with one attached hydrogen (secondary N) is 1. The molecule has 19 heavy (non-hydrogen) atoms. The fourth-order valence-electron chi connectivity index (χ4n) is 2.25. The second-order valence-electron chi connectivity index (χ2n) is 4.86. The summed E-state index contributed by atoms with van der Waals surface area (Å²) in [6, 6.07) is 3.29. The van der Waals surface area contributed by atoms with Crippen LogP contribution in [0.25, 0.3) is 0 Å². The highest BCUT2D eigenvalue weighted by molar-refractivity contribution is 5.93. The first-order valence-electron chi connectivity index (χ1n) is 6.73. The van der Waals surface area contributed by atoms with E-state index in [4.69, 9.17) is 9.84 Å². The van der Waals surface area contributed by atoms with Gasteiger partial charge in [0.05, 0.1) is 6.10 Å². The fraction of sp³-hybridized carbons (Fsp3) is 0.571. The molecule has 1 saturated heterocycles. The minimum Gasteiger partial charge on any atom is -0.478 e. The van der Waals surface area contributed by atoms with Crippen LogP contribution in [0.2, 0.25) is 0 Å². The molecule has 2 rings (SSSR count). The van der Waals surface area contributed by atoms with Crippen molar-refractivity contribution in [3.8, 4) is 0 Å². The molecule has 1 aliphatic heterocycles. The summed E-state index contributed by atoms with van der Waals surface area (Å²) in [6.45, 7) is 3.37. The van der Waals surface area contributed by atoms with Crippen molar-refractivity contribution in [3.05, 3.63) is 23.4 Å². The van der Waals surface area contributed by atoms with E-state index in [1.165, 1.54) is 6.42 Å². The molecule has 1 atom stereocenters. The van der Waals surface area contributed by atoms with Crippen molar-refractivity contribution in [3.63, 3.8) is 0 Å². The summed E-state index contributed by atoms with van der Waals surface area (Å²) in [6.07, 6.45) is 4.63. The van der Waals surface area contributed by atoms with E-state index in [1.807, 2.05) is 6.92 Å². The lowest BCUT2D eigenvalue weighted by Crippen LogP contribution is -2.22. The highest BCUT2D eigenvalue weighted by Gasteiger charge is 2.15. The zero-order valence-electron chi connectivity index (χ0n) is 11.2. The number of aromatic carboxylic acids is 1. The van der Waals surface area contributed by atoms with Gasteiger partial charge in [0.25, 0.3) is 0 Å². The molecule has 0 aromatic carbocycles. The summed E-state index contributed by atoms with van der Waals surface area (Å²) in [7, 11) is 0. The van der Waals surface area contributed by atoms with Crippen LogP contribution in [0, 0.1) is 6.92 Å². The molecule has 0 aliphatic carbocycles. The molecule has 0 amide bonds. The number of pyridine rings is 1. The number of anilines is 1. The average Bonchev–Trinajstić information content (AvgIpc) is 2.39. The van der Waals surface area contributed by atoms with Crippen LogP contribution in [0.15, 0.2) is 12.1 Å². The number of rotatable bonds is 5. The lowest BCUT2D eigenvalue weighted by molar-refractivity contribution is 0.0134. The third-order valence-corrected chi connectivity index (χ3v) is 3.30. The highest BCUT2D eigenvalue weighted by Crippen LogP contribution is 2.17. The summed E-state index contributed by atoms with van der Waals surface area (Å²) < 4.78 is 5.64. The molecule has 1 aromatic heterocycles. The number of aromatic nitrogens is 1. The monoisotopic (exact) mass is 264 g/mol. The molecule has 104 valence electrons. The predicted octanol–water partition coefficient (Wildman–Crippen LogP) is 2.46. The average molecular weight is 264 g/mol. The zero-order chi connectivity index (χ0) is 13.7. The first-order chi connectivity index (χ1) is 9.16. The van der Waals surface area contributed by atoms with Crippen LogP contribution in [0.3, 0.4) is 0 Å². The largest absolute Gasteiger partial charge is 0.478 e. The molecule has 5 nitrogen and oxygen atoms in total. The lowest BCUT2D eigenvalue weighted by Gasteiger charge is -2.22. The quantitative estimate of drug-likeness (QED) is 0.854. The molecule has 1 aromatic rings. The summed E-state index contributed by atoms with van der Waals surface area (Å²) >= 11 is 0. The Morgan fingerprint density at radius 3 is 3.05 bits per heavy atom. The van der Waals surface area contributed by atoms with E-state index in [0.29, 0.717) is 18.5 Å². The Balaban J connectivity index is 1.91. The van der Waals surface area contributed by atoms with Gasteiger partial charge in [0.1, 0.15) is 11.4 Å². The van der Waals surface area contributed by atoms with Crippen molar-refractivity contribution in [2.24, 2.45) is 0 Å². The Labute approximate surface area is 113 Å². The maximum absolute atomic E-state index is 11.1. The third-order valence-electron chi connectivity index (χ3n) is 3.30. The van der Waals surface area contributed by atoms with Gasteiger partial charge in [0.2, 0.25) is 0 Å². The van der Waals surface area contributed by atoms with Gasteiger partial charge in [0.15, 0.2) is 0 Å². The maximum atomic E-state index is 11.1. The topological polar surface area (TPSA) is 71.5 Å². The third kappa shape index (κ3) is 3.92. The molecule has 0 radical (unpaired) electrons. The Hall–Kier alpha value is -1.62. The van der Waals surface area contributed by atoms with E-state index in [0.717, 1.165) is 31.6 Å². The van der Waals surface area contributed by atoms with Crippen LogP contribution in [0.5, 0.6) is 0 Å². The molecule has 0 saturated carbocycles. The van der Waals surface area contributed by atoms with Gasteiger partial charge in [-0.05, 0) is 44.7 Å². The standard InChI is InChI=1S/C14H20N2O3/c1-10-5-6-12(14(17)18)13(16-10)15-8-7-11-4-2-3-9-19-11/h5-6,11H,2-4,7-9H2,1H3,(H,15,16)(H,17,18). The van der Waals surface area contributed by atoms with Gasteiger partial charge in [-0.15, -0.1) is 0 Å². The normalized spacial score (nSPS) is 19.1. The second kappa shape index (κ2) is 6.52. The van der Waals surface area contributed by atoms with Crippen molar-refractivity contribution in [2.75, 3.05) is 18.5 Å². The molecule has 0 bridgehead atoms. The van der Waals surface area contributed by atoms with Gasteiger partial charge >= 0.3 is 5.97 Å². The predicted molar refractivity (Wildman–Crippen MR) is 72.6 cm³/mol. The van der Waals surface area contributed by atoms with Crippen LogP contribution in [-0.2, 0) is 4.74 Å². The second-order valence-corrected chi connectivity index (χ2v) is 4.86. The molecule has 2 heterocycles.